The SMILES string of the molecule is CCOC1(c2cccnc2)C=CC(N2CCN(C(=O)c3ccc(F)cc3Cl)C[C@H]2CC)=C(C(=O)N[C@@H]2CCN(C)C2)N1. The molecule has 1 aromatic carbocycles. The van der Waals surface area contributed by atoms with Crippen LogP contribution in [0, 0.1) is 5.82 Å². The van der Waals surface area contributed by atoms with Gasteiger partial charge in [0.2, 0.25) is 0 Å². The second-order valence-corrected chi connectivity index (χ2v) is 11.4. The van der Waals surface area contributed by atoms with Crippen molar-refractivity contribution in [1.82, 2.24) is 30.3 Å². The largest absolute Gasteiger partial charge is 0.363 e. The van der Waals surface area contributed by atoms with Gasteiger partial charge in [-0.05, 0) is 69.8 Å². The number of ether oxygens (including phenoxy) is 1. The fraction of sp³-hybridized carbons (Fsp3) is 0.452. The van der Waals surface area contributed by atoms with Gasteiger partial charge >= 0.3 is 0 Å². The zero-order valence-corrected chi connectivity index (χ0v) is 25.0. The summed E-state index contributed by atoms with van der Waals surface area (Å²) in [6.45, 7) is 7.45. The van der Waals surface area contributed by atoms with Crippen molar-refractivity contribution in [2.75, 3.05) is 46.4 Å². The smallest absolute Gasteiger partial charge is 0.269 e. The second kappa shape index (κ2) is 12.8. The molecule has 0 aliphatic carbocycles. The number of benzene rings is 1. The van der Waals surface area contributed by atoms with E-state index in [4.69, 9.17) is 16.3 Å². The lowest BCUT2D eigenvalue weighted by atomic mass is 9.97. The van der Waals surface area contributed by atoms with Crippen LogP contribution in [0.5, 0.6) is 0 Å². The number of halogens is 2. The van der Waals surface area contributed by atoms with Gasteiger partial charge in [-0.1, -0.05) is 24.6 Å². The first-order valence-electron chi connectivity index (χ1n) is 14.5. The van der Waals surface area contributed by atoms with Crippen molar-refractivity contribution in [2.24, 2.45) is 0 Å². The van der Waals surface area contributed by atoms with Gasteiger partial charge in [0, 0.05) is 62.8 Å². The van der Waals surface area contributed by atoms with Gasteiger partial charge in [-0.3, -0.25) is 14.6 Å². The Morgan fingerprint density at radius 3 is 2.71 bits per heavy atom. The van der Waals surface area contributed by atoms with Crippen molar-refractivity contribution >= 4 is 23.4 Å². The molecule has 2 amide bonds. The van der Waals surface area contributed by atoms with Gasteiger partial charge in [0.15, 0.2) is 5.72 Å². The number of piperazine rings is 1. The number of nitrogens with zero attached hydrogens (tertiary/aromatic N) is 4. The predicted molar refractivity (Wildman–Crippen MR) is 159 cm³/mol. The summed E-state index contributed by atoms with van der Waals surface area (Å²) in [5, 5.41) is 6.79. The van der Waals surface area contributed by atoms with Crippen LogP contribution in [0.25, 0.3) is 0 Å². The first kappa shape index (κ1) is 30.0. The molecule has 5 rings (SSSR count). The molecule has 4 heterocycles. The summed E-state index contributed by atoms with van der Waals surface area (Å²) in [4.78, 5) is 37.7. The van der Waals surface area contributed by atoms with Crippen LogP contribution in [-0.2, 0) is 15.3 Å². The monoisotopic (exact) mass is 596 g/mol. The summed E-state index contributed by atoms with van der Waals surface area (Å²) in [6.07, 6.45) is 8.94. The Bertz CT molecular complexity index is 1370. The first-order valence-corrected chi connectivity index (χ1v) is 14.9. The molecule has 2 N–H and O–H groups in total. The number of carbonyl (C=O) groups excluding carboxylic acids is 2. The molecule has 42 heavy (non-hydrogen) atoms. The third-order valence-corrected chi connectivity index (χ3v) is 8.48. The minimum absolute atomic E-state index is 0.0424. The normalized spacial score (nSPS) is 24.6. The summed E-state index contributed by atoms with van der Waals surface area (Å²) in [5.74, 6) is -0.922. The lowest BCUT2D eigenvalue weighted by Crippen LogP contribution is -2.57. The number of hydrogen-bond donors (Lipinski definition) is 2. The molecule has 3 atom stereocenters. The van der Waals surface area contributed by atoms with Crippen molar-refractivity contribution in [2.45, 2.75) is 44.5 Å². The average molecular weight is 597 g/mol. The number of pyridine rings is 1. The standard InChI is InChI=1S/C31H38ClFN6O3/c1-4-24-20-38(30(41)25-9-8-22(33)17-26(25)32)15-16-39(24)27-10-12-31(42-5-2,21-7-6-13-34-18-21)36-28(27)29(40)35-23-11-14-37(3)19-23/h6-10,12-13,17-18,23-24,36H,4-5,11,14-16,19-20H2,1-3H3,(H,35,40)/t23-,24-,31?/m1/s1. The third-order valence-electron chi connectivity index (χ3n) is 8.17. The van der Waals surface area contributed by atoms with Gasteiger partial charge in [-0.25, -0.2) is 4.39 Å². The van der Waals surface area contributed by atoms with E-state index in [9.17, 15) is 14.0 Å². The Balaban J connectivity index is 1.45. The third kappa shape index (κ3) is 6.16. The second-order valence-electron chi connectivity index (χ2n) is 11.0. The van der Waals surface area contributed by atoms with Crippen molar-refractivity contribution in [3.05, 3.63) is 88.2 Å². The maximum Gasteiger partial charge on any atom is 0.269 e. The summed E-state index contributed by atoms with van der Waals surface area (Å²) in [7, 11) is 2.05. The number of allylic oxidation sites excluding steroid dienone is 1. The van der Waals surface area contributed by atoms with Crippen LogP contribution in [-0.4, -0.2) is 90.0 Å². The van der Waals surface area contributed by atoms with E-state index in [0.29, 0.717) is 31.9 Å². The van der Waals surface area contributed by atoms with Crippen LogP contribution in [0.1, 0.15) is 42.6 Å². The van der Waals surface area contributed by atoms with E-state index >= 15 is 0 Å². The lowest BCUT2D eigenvalue weighted by molar-refractivity contribution is -0.120. The maximum absolute atomic E-state index is 14.0. The molecule has 2 aromatic rings. The summed E-state index contributed by atoms with van der Waals surface area (Å²) >= 11 is 6.21. The van der Waals surface area contributed by atoms with E-state index in [1.54, 1.807) is 17.3 Å². The van der Waals surface area contributed by atoms with Crippen LogP contribution in [0.2, 0.25) is 5.02 Å². The predicted octanol–water partition coefficient (Wildman–Crippen LogP) is 3.49. The molecule has 1 unspecified atom stereocenters. The van der Waals surface area contributed by atoms with Gasteiger partial charge in [-0.15, -0.1) is 0 Å². The molecule has 0 radical (unpaired) electrons. The maximum atomic E-state index is 14.0. The fourth-order valence-corrected chi connectivity index (χ4v) is 6.23. The number of aromatic nitrogens is 1. The van der Waals surface area contributed by atoms with E-state index in [-0.39, 0.29) is 34.5 Å². The van der Waals surface area contributed by atoms with E-state index in [1.165, 1.54) is 12.1 Å². The lowest BCUT2D eigenvalue weighted by Gasteiger charge is -2.46. The Hall–Kier alpha value is -3.47. The molecule has 1 aromatic heterocycles. The van der Waals surface area contributed by atoms with E-state index < -0.39 is 11.5 Å². The number of likely N-dealkylation sites (tertiary alicyclic amines) is 1. The van der Waals surface area contributed by atoms with Gasteiger partial charge in [0.1, 0.15) is 11.5 Å². The molecule has 0 spiro atoms. The van der Waals surface area contributed by atoms with Gasteiger partial charge < -0.3 is 30.1 Å². The molecule has 2 saturated heterocycles. The number of amides is 2. The fourth-order valence-electron chi connectivity index (χ4n) is 5.98. The van der Waals surface area contributed by atoms with Crippen LogP contribution in [0.4, 0.5) is 4.39 Å². The molecule has 3 aliphatic rings. The average Bonchev–Trinajstić information content (AvgIpc) is 3.41. The highest BCUT2D eigenvalue weighted by Gasteiger charge is 2.40. The van der Waals surface area contributed by atoms with Crippen molar-refractivity contribution in [1.29, 1.82) is 0 Å². The molecule has 0 saturated carbocycles. The van der Waals surface area contributed by atoms with Crippen molar-refractivity contribution < 1.29 is 18.7 Å². The Labute approximate surface area is 251 Å². The summed E-state index contributed by atoms with van der Waals surface area (Å²) in [5.41, 5.74) is 1.16. The van der Waals surface area contributed by atoms with Gasteiger partial charge in [0.25, 0.3) is 11.8 Å². The first-order chi connectivity index (χ1) is 20.2. The van der Waals surface area contributed by atoms with E-state index in [2.05, 4.69) is 32.3 Å². The Morgan fingerprint density at radius 2 is 2.05 bits per heavy atom. The Kier molecular flexibility index (Phi) is 9.15. The van der Waals surface area contributed by atoms with Crippen molar-refractivity contribution in [3.8, 4) is 0 Å². The number of carbonyl (C=O) groups is 2. The number of dihydropyridines is 1. The van der Waals surface area contributed by atoms with Gasteiger partial charge in [0.05, 0.1) is 16.3 Å². The molecule has 3 aliphatic heterocycles. The Morgan fingerprint density at radius 1 is 1.21 bits per heavy atom. The van der Waals surface area contributed by atoms with E-state index in [0.717, 1.165) is 43.3 Å². The van der Waals surface area contributed by atoms with E-state index in [1.807, 2.05) is 38.3 Å². The quantitative estimate of drug-likeness (QED) is 0.482. The molecular weight excluding hydrogens is 559 g/mol. The highest BCUT2D eigenvalue weighted by molar-refractivity contribution is 6.33. The molecule has 0 bridgehead atoms. The molecule has 224 valence electrons. The highest BCUT2D eigenvalue weighted by Crippen LogP contribution is 2.33. The minimum Gasteiger partial charge on any atom is -0.363 e. The highest BCUT2D eigenvalue weighted by atomic mass is 35.5. The minimum atomic E-state index is -1.06. The van der Waals surface area contributed by atoms with Gasteiger partial charge in [-0.2, -0.15) is 0 Å². The van der Waals surface area contributed by atoms with Crippen LogP contribution in [0.3, 0.4) is 0 Å². The number of likely N-dealkylation sites (N-methyl/N-ethyl adjacent to an activating group) is 1. The molecule has 2 fully saturated rings. The summed E-state index contributed by atoms with van der Waals surface area (Å²) in [6, 6.07) is 7.57. The molecule has 11 heteroatoms. The van der Waals surface area contributed by atoms with Crippen LogP contribution >= 0.6 is 11.6 Å². The van der Waals surface area contributed by atoms with Crippen LogP contribution < -0.4 is 10.6 Å². The zero-order chi connectivity index (χ0) is 29.9. The number of rotatable bonds is 8. The zero-order valence-electron chi connectivity index (χ0n) is 24.3. The summed E-state index contributed by atoms with van der Waals surface area (Å²) < 4.78 is 19.9. The molecular formula is C31H38ClFN6O3. The van der Waals surface area contributed by atoms with Crippen molar-refractivity contribution in [3.63, 3.8) is 0 Å². The number of hydrogen-bond acceptors (Lipinski definition) is 7. The molecule has 9 nitrogen and oxygen atoms in total. The number of nitrogens with one attached hydrogen (secondary N) is 2. The topological polar surface area (TPSA) is 90.0 Å². The van der Waals surface area contributed by atoms with Crippen LogP contribution in [0.15, 0.2) is 66.3 Å².